The van der Waals surface area contributed by atoms with Gasteiger partial charge >= 0.3 is 5.97 Å². The van der Waals surface area contributed by atoms with Gasteiger partial charge in [0.15, 0.2) is 6.10 Å². The van der Waals surface area contributed by atoms with Crippen molar-refractivity contribution in [2.75, 3.05) is 19.7 Å². The number of hydrogen-bond donors (Lipinski definition) is 1. The Labute approximate surface area is 198 Å². The summed E-state index contributed by atoms with van der Waals surface area (Å²) in [6, 6.07) is 6.59. The average molecular weight is 461 g/mol. The quantitative estimate of drug-likeness (QED) is 0.333. The zero-order valence-electron chi connectivity index (χ0n) is 20.4. The number of aryl methyl sites for hydroxylation is 1. The van der Waals surface area contributed by atoms with Crippen molar-refractivity contribution in [3.8, 4) is 5.75 Å². The first-order valence-corrected chi connectivity index (χ1v) is 12.4. The maximum absolute atomic E-state index is 13.0. The van der Waals surface area contributed by atoms with E-state index in [9.17, 15) is 14.4 Å². The van der Waals surface area contributed by atoms with Gasteiger partial charge in [0, 0.05) is 13.1 Å². The maximum Gasteiger partial charge on any atom is 0.308 e. The first kappa shape index (κ1) is 26.7. The minimum atomic E-state index is -0.875. The van der Waals surface area contributed by atoms with Crippen LogP contribution in [0.15, 0.2) is 24.3 Å². The molecular formula is C26H40N2O5. The van der Waals surface area contributed by atoms with Crippen molar-refractivity contribution in [1.82, 2.24) is 10.2 Å². The summed E-state index contributed by atoms with van der Waals surface area (Å²) in [5.41, 5.74) is 0.926. The Balaban J connectivity index is 1.79. The third kappa shape index (κ3) is 9.06. The lowest BCUT2D eigenvalue weighted by Gasteiger charge is -2.36. The molecule has 0 bridgehead atoms. The van der Waals surface area contributed by atoms with Crippen molar-refractivity contribution < 1.29 is 23.9 Å². The maximum atomic E-state index is 13.0. The fourth-order valence-corrected chi connectivity index (χ4v) is 3.98. The standard InChI is InChI=1S/C26H40N2O5/c1-4-5-6-7-8-9-10-13-18-32-24(29)19-22-25(30)27-16-17-28(22)26(31)21(3)33-23-15-12-11-14-20(23)2/h11-12,14-15,21-22H,4-10,13,16-19H2,1-3H3,(H,27,30). The topological polar surface area (TPSA) is 84.9 Å². The van der Waals surface area contributed by atoms with Crippen LogP contribution in [0.1, 0.15) is 77.2 Å². The number of unbranched alkanes of at least 4 members (excludes halogenated alkanes) is 7. The van der Waals surface area contributed by atoms with E-state index in [4.69, 9.17) is 9.47 Å². The molecule has 2 amide bonds. The van der Waals surface area contributed by atoms with E-state index in [1.165, 1.54) is 37.0 Å². The molecule has 1 aromatic carbocycles. The van der Waals surface area contributed by atoms with Crippen LogP contribution in [-0.4, -0.2) is 54.5 Å². The highest BCUT2D eigenvalue weighted by atomic mass is 16.5. The summed E-state index contributed by atoms with van der Waals surface area (Å²) < 4.78 is 11.2. The van der Waals surface area contributed by atoms with Gasteiger partial charge in [0.25, 0.3) is 5.91 Å². The largest absolute Gasteiger partial charge is 0.481 e. The lowest BCUT2D eigenvalue weighted by Crippen LogP contribution is -2.60. The van der Waals surface area contributed by atoms with Gasteiger partial charge in [0.05, 0.1) is 13.0 Å². The van der Waals surface area contributed by atoms with Crippen molar-refractivity contribution >= 4 is 17.8 Å². The molecule has 2 unspecified atom stereocenters. The second kappa shape index (κ2) is 14.6. The molecule has 7 heteroatoms. The molecule has 1 N–H and O–H groups in total. The monoisotopic (exact) mass is 460 g/mol. The molecule has 2 rings (SSSR count). The number of amides is 2. The summed E-state index contributed by atoms with van der Waals surface area (Å²) in [7, 11) is 0. The summed E-state index contributed by atoms with van der Waals surface area (Å²) in [5, 5.41) is 2.74. The predicted molar refractivity (Wildman–Crippen MR) is 128 cm³/mol. The predicted octanol–water partition coefficient (Wildman–Crippen LogP) is 4.16. The number of nitrogens with zero attached hydrogens (tertiary/aromatic N) is 1. The van der Waals surface area contributed by atoms with E-state index in [2.05, 4.69) is 12.2 Å². The van der Waals surface area contributed by atoms with Crippen LogP contribution in [0.2, 0.25) is 0 Å². The fourth-order valence-electron chi connectivity index (χ4n) is 3.98. The highest BCUT2D eigenvalue weighted by Crippen LogP contribution is 2.20. The molecule has 7 nitrogen and oxygen atoms in total. The van der Waals surface area contributed by atoms with E-state index in [-0.39, 0.29) is 18.2 Å². The number of para-hydroxylation sites is 1. The summed E-state index contributed by atoms with van der Waals surface area (Å²) in [6.07, 6.45) is 8.39. The van der Waals surface area contributed by atoms with Gasteiger partial charge in [-0.1, -0.05) is 70.1 Å². The molecule has 0 spiro atoms. The molecule has 2 atom stereocenters. The number of piperazine rings is 1. The number of rotatable bonds is 14. The van der Waals surface area contributed by atoms with Crippen LogP contribution in [0.5, 0.6) is 5.75 Å². The molecule has 1 heterocycles. The van der Waals surface area contributed by atoms with Crippen LogP contribution in [0.3, 0.4) is 0 Å². The lowest BCUT2D eigenvalue weighted by molar-refractivity contribution is -0.154. The van der Waals surface area contributed by atoms with Crippen molar-refractivity contribution in [3.05, 3.63) is 29.8 Å². The van der Waals surface area contributed by atoms with Crippen molar-refractivity contribution in [2.24, 2.45) is 0 Å². The number of carbonyl (C=O) groups is 3. The molecule has 1 aliphatic rings. The normalized spacial score (nSPS) is 16.8. The molecule has 33 heavy (non-hydrogen) atoms. The zero-order chi connectivity index (χ0) is 24.1. The van der Waals surface area contributed by atoms with Gasteiger partial charge in [-0.2, -0.15) is 0 Å². The van der Waals surface area contributed by atoms with Crippen LogP contribution >= 0.6 is 0 Å². The zero-order valence-corrected chi connectivity index (χ0v) is 20.4. The van der Waals surface area contributed by atoms with Crippen LogP contribution in [0.25, 0.3) is 0 Å². The third-order valence-electron chi connectivity index (χ3n) is 5.98. The molecule has 184 valence electrons. The number of nitrogens with one attached hydrogen (secondary N) is 1. The Kier molecular flexibility index (Phi) is 11.8. The van der Waals surface area contributed by atoms with Gasteiger partial charge in [-0.15, -0.1) is 0 Å². The Bertz CT molecular complexity index is 767. The van der Waals surface area contributed by atoms with Gasteiger partial charge in [-0.05, 0) is 31.9 Å². The number of carbonyl (C=O) groups excluding carboxylic acids is 3. The molecule has 1 aromatic rings. The summed E-state index contributed by atoms with van der Waals surface area (Å²) in [6.45, 7) is 6.82. The highest BCUT2D eigenvalue weighted by Gasteiger charge is 2.37. The van der Waals surface area contributed by atoms with Crippen molar-refractivity contribution in [2.45, 2.75) is 90.7 Å². The summed E-state index contributed by atoms with van der Waals surface area (Å²) >= 11 is 0. The van der Waals surface area contributed by atoms with Crippen LogP contribution in [0.4, 0.5) is 0 Å². The summed E-state index contributed by atoms with van der Waals surface area (Å²) in [5.74, 6) is -0.470. The number of esters is 1. The van der Waals surface area contributed by atoms with Crippen molar-refractivity contribution in [1.29, 1.82) is 0 Å². The highest BCUT2D eigenvalue weighted by molar-refractivity contribution is 5.93. The number of benzene rings is 1. The van der Waals surface area contributed by atoms with E-state index in [1.807, 2.05) is 31.2 Å². The molecule has 1 saturated heterocycles. The molecule has 0 aromatic heterocycles. The number of ether oxygens (including phenoxy) is 2. The van der Waals surface area contributed by atoms with E-state index in [0.717, 1.165) is 24.8 Å². The van der Waals surface area contributed by atoms with E-state index in [0.29, 0.717) is 25.4 Å². The number of hydrogen-bond acceptors (Lipinski definition) is 5. The second-order valence-electron chi connectivity index (χ2n) is 8.76. The summed E-state index contributed by atoms with van der Waals surface area (Å²) in [4.78, 5) is 39.3. The molecule has 0 saturated carbocycles. The average Bonchev–Trinajstić information content (AvgIpc) is 2.80. The minimum absolute atomic E-state index is 0.147. The molecule has 1 aliphatic heterocycles. The Hall–Kier alpha value is -2.57. The SMILES string of the molecule is CCCCCCCCCCOC(=O)CC1C(=O)NCCN1C(=O)C(C)Oc1ccccc1C. The third-order valence-corrected chi connectivity index (χ3v) is 5.98. The van der Waals surface area contributed by atoms with E-state index >= 15 is 0 Å². The van der Waals surface area contributed by atoms with Gasteiger partial charge in [-0.3, -0.25) is 14.4 Å². The van der Waals surface area contributed by atoms with Gasteiger partial charge < -0.3 is 19.7 Å². The van der Waals surface area contributed by atoms with Gasteiger partial charge in [0.1, 0.15) is 11.8 Å². The van der Waals surface area contributed by atoms with Crippen LogP contribution in [-0.2, 0) is 19.1 Å². The molecular weight excluding hydrogens is 420 g/mol. The second-order valence-corrected chi connectivity index (χ2v) is 8.76. The Morgan fingerprint density at radius 1 is 1.09 bits per heavy atom. The van der Waals surface area contributed by atoms with Crippen molar-refractivity contribution in [3.63, 3.8) is 0 Å². The van der Waals surface area contributed by atoms with Crippen LogP contribution in [0, 0.1) is 6.92 Å². The molecule has 0 aliphatic carbocycles. The smallest absolute Gasteiger partial charge is 0.308 e. The molecule has 0 radical (unpaired) electrons. The minimum Gasteiger partial charge on any atom is -0.481 e. The first-order chi connectivity index (χ1) is 15.9. The van der Waals surface area contributed by atoms with Gasteiger partial charge in [0.2, 0.25) is 5.91 Å². The fraction of sp³-hybridized carbons (Fsp3) is 0.654. The Morgan fingerprint density at radius 3 is 2.45 bits per heavy atom. The Morgan fingerprint density at radius 2 is 1.76 bits per heavy atom. The lowest BCUT2D eigenvalue weighted by atomic mass is 10.1. The van der Waals surface area contributed by atoms with Crippen LogP contribution < -0.4 is 10.1 Å². The first-order valence-electron chi connectivity index (χ1n) is 12.4. The van der Waals surface area contributed by atoms with Gasteiger partial charge in [-0.25, -0.2) is 0 Å². The van der Waals surface area contributed by atoms with E-state index < -0.39 is 18.1 Å². The molecule has 1 fully saturated rings. The van der Waals surface area contributed by atoms with E-state index in [1.54, 1.807) is 6.92 Å².